The highest BCUT2D eigenvalue weighted by Gasteiger charge is 2.16. The minimum atomic E-state index is -0.324. The van der Waals surface area contributed by atoms with E-state index in [4.69, 9.17) is 11.6 Å². The number of hydrogen-bond donors (Lipinski definition) is 0. The zero-order valence-corrected chi connectivity index (χ0v) is 12.5. The molecular weight excluding hydrogens is 355 g/mol. The molecule has 17 heavy (non-hydrogen) atoms. The number of hydrogen-bond acceptors (Lipinski definition) is 1. The van der Waals surface area contributed by atoms with Crippen LogP contribution in [0.1, 0.15) is 23.7 Å². The third-order valence-electron chi connectivity index (χ3n) is 2.39. The molecule has 1 rings (SSSR count). The zero-order valence-electron chi connectivity index (χ0n) is 9.55. The van der Waals surface area contributed by atoms with E-state index in [1.807, 2.05) is 29.5 Å². The van der Waals surface area contributed by atoms with Crippen molar-refractivity contribution in [2.45, 2.75) is 13.3 Å². The van der Waals surface area contributed by atoms with Crippen LogP contribution in [-0.2, 0) is 0 Å². The molecule has 0 aliphatic heterocycles. The Hall–Kier alpha value is -0.360. The molecule has 0 unspecified atom stereocenters. The summed E-state index contributed by atoms with van der Waals surface area (Å²) in [6.07, 6.45) is 0.763. The summed E-state index contributed by atoms with van der Waals surface area (Å²) < 4.78 is 13.6. The molecule has 0 aromatic heterocycles. The highest BCUT2D eigenvalue weighted by molar-refractivity contribution is 14.1. The van der Waals surface area contributed by atoms with Crippen molar-refractivity contribution in [1.29, 1.82) is 0 Å². The van der Waals surface area contributed by atoms with E-state index in [0.29, 0.717) is 28.1 Å². The standard InChI is InChI=1S/C12H14ClFINO/c1-2-16(7-3-6-13)12(17)10-5-4-9(14)8-11(10)15/h4-5,8H,2-3,6-7H2,1H3. The highest BCUT2D eigenvalue weighted by atomic mass is 127. The summed E-state index contributed by atoms with van der Waals surface area (Å²) >= 11 is 7.59. The Labute approximate surface area is 119 Å². The number of halogens is 3. The van der Waals surface area contributed by atoms with E-state index in [2.05, 4.69) is 0 Å². The minimum absolute atomic E-state index is 0.0676. The molecule has 1 amide bonds. The monoisotopic (exact) mass is 369 g/mol. The molecule has 0 heterocycles. The maximum Gasteiger partial charge on any atom is 0.254 e. The first-order valence-electron chi connectivity index (χ1n) is 5.40. The summed E-state index contributed by atoms with van der Waals surface area (Å²) in [5, 5.41) is 0. The third kappa shape index (κ3) is 4.10. The molecule has 1 aromatic rings. The lowest BCUT2D eigenvalue weighted by atomic mass is 10.2. The van der Waals surface area contributed by atoms with Crippen LogP contribution in [0.15, 0.2) is 18.2 Å². The first-order chi connectivity index (χ1) is 8.10. The first-order valence-corrected chi connectivity index (χ1v) is 7.01. The highest BCUT2D eigenvalue weighted by Crippen LogP contribution is 2.16. The van der Waals surface area contributed by atoms with Crippen LogP contribution in [0.2, 0.25) is 0 Å². The van der Waals surface area contributed by atoms with Gasteiger partial charge < -0.3 is 4.90 Å². The van der Waals surface area contributed by atoms with Crippen molar-refractivity contribution >= 4 is 40.1 Å². The van der Waals surface area contributed by atoms with Crippen LogP contribution in [0.3, 0.4) is 0 Å². The third-order valence-corrected chi connectivity index (χ3v) is 3.55. The lowest BCUT2D eigenvalue weighted by Gasteiger charge is -2.21. The van der Waals surface area contributed by atoms with Gasteiger partial charge in [0.2, 0.25) is 0 Å². The van der Waals surface area contributed by atoms with E-state index in [1.54, 1.807) is 4.90 Å². The second kappa shape index (κ2) is 7.16. The fraction of sp³-hybridized carbons (Fsp3) is 0.417. The summed E-state index contributed by atoms with van der Waals surface area (Å²) in [6, 6.07) is 4.21. The molecule has 0 aliphatic rings. The molecule has 0 bridgehead atoms. The molecule has 0 aliphatic carbocycles. The van der Waals surface area contributed by atoms with Crippen molar-refractivity contribution in [3.05, 3.63) is 33.1 Å². The molecule has 5 heteroatoms. The lowest BCUT2D eigenvalue weighted by Crippen LogP contribution is -2.32. The quantitative estimate of drug-likeness (QED) is 0.574. The molecule has 1 aromatic carbocycles. The Morgan fingerprint density at radius 3 is 2.76 bits per heavy atom. The van der Waals surface area contributed by atoms with E-state index in [1.165, 1.54) is 18.2 Å². The average Bonchev–Trinajstić information content (AvgIpc) is 2.29. The van der Waals surface area contributed by atoms with E-state index in [9.17, 15) is 9.18 Å². The van der Waals surface area contributed by atoms with Crippen LogP contribution in [0, 0.1) is 9.39 Å². The van der Waals surface area contributed by atoms with Gasteiger partial charge >= 0.3 is 0 Å². The fourth-order valence-electron chi connectivity index (χ4n) is 1.49. The second-order valence-corrected chi connectivity index (χ2v) is 5.09. The van der Waals surface area contributed by atoms with Crippen LogP contribution >= 0.6 is 34.2 Å². The number of benzene rings is 1. The SMILES string of the molecule is CCN(CCCCl)C(=O)c1ccc(F)cc1I. The van der Waals surface area contributed by atoms with Crippen LogP contribution in [-0.4, -0.2) is 29.8 Å². The molecule has 0 radical (unpaired) electrons. The van der Waals surface area contributed by atoms with Gasteiger partial charge in [-0.05, 0) is 54.1 Å². The summed E-state index contributed by atoms with van der Waals surface area (Å²) in [5.74, 6) is 0.140. The van der Waals surface area contributed by atoms with Gasteiger partial charge in [-0.25, -0.2) is 4.39 Å². The van der Waals surface area contributed by atoms with Crippen molar-refractivity contribution in [2.24, 2.45) is 0 Å². The summed E-state index contributed by atoms with van der Waals surface area (Å²) in [6.45, 7) is 3.18. The van der Waals surface area contributed by atoms with Gasteiger partial charge in [-0.1, -0.05) is 0 Å². The maximum absolute atomic E-state index is 12.9. The van der Waals surface area contributed by atoms with Gasteiger partial charge in [-0.3, -0.25) is 4.79 Å². The molecule has 0 saturated heterocycles. The average molecular weight is 370 g/mol. The zero-order chi connectivity index (χ0) is 12.8. The predicted octanol–water partition coefficient (Wildman–Crippen LogP) is 3.52. The Bertz CT molecular complexity index is 400. The van der Waals surface area contributed by atoms with Gasteiger partial charge in [0.1, 0.15) is 5.82 Å². The van der Waals surface area contributed by atoms with Gasteiger partial charge in [0, 0.05) is 22.5 Å². The van der Waals surface area contributed by atoms with Gasteiger partial charge in [-0.2, -0.15) is 0 Å². The Morgan fingerprint density at radius 2 is 2.24 bits per heavy atom. The smallest absolute Gasteiger partial charge is 0.254 e. The molecule has 0 fully saturated rings. The number of carbonyl (C=O) groups excluding carboxylic acids is 1. The van der Waals surface area contributed by atoms with E-state index >= 15 is 0 Å². The number of amides is 1. The molecule has 0 N–H and O–H groups in total. The van der Waals surface area contributed by atoms with Gasteiger partial charge in [0.05, 0.1) is 5.56 Å². The van der Waals surface area contributed by atoms with Crippen molar-refractivity contribution in [1.82, 2.24) is 4.90 Å². The normalized spacial score (nSPS) is 10.4. The van der Waals surface area contributed by atoms with Crippen molar-refractivity contribution in [3.63, 3.8) is 0 Å². The fourth-order valence-corrected chi connectivity index (χ4v) is 2.31. The molecule has 0 saturated carbocycles. The Morgan fingerprint density at radius 1 is 1.53 bits per heavy atom. The second-order valence-electron chi connectivity index (χ2n) is 3.55. The van der Waals surface area contributed by atoms with Crippen molar-refractivity contribution in [2.75, 3.05) is 19.0 Å². The van der Waals surface area contributed by atoms with E-state index in [0.717, 1.165) is 6.42 Å². The maximum atomic E-state index is 12.9. The van der Waals surface area contributed by atoms with Crippen molar-refractivity contribution in [3.8, 4) is 0 Å². The number of alkyl halides is 1. The first kappa shape index (κ1) is 14.7. The molecular formula is C12H14ClFINO. The van der Waals surface area contributed by atoms with Crippen LogP contribution in [0.4, 0.5) is 4.39 Å². The van der Waals surface area contributed by atoms with Crippen LogP contribution in [0.5, 0.6) is 0 Å². The van der Waals surface area contributed by atoms with E-state index in [-0.39, 0.29) is 11.7 Å². The number of rotatable bonds is 5. The van der Waals surface area contributed by atoms with Gasteiger partial charge in [0.25, 0.3) is 5.91 Å². The summed E-state index contributed by atoms with van der Waals surface area (Å²) in [7, 11) is 0. The lowest BCUT2D eigenvalue weighted by molar-refractivity contribution is 0.0763. The Balaban J connectivity index is 2.86. The minimum Gasteiger partial charge on any atom is -0.339 e. The topological polar surface area (TPSA) is 20.3 Å². The van der Waals surface area contributed by atoms with Crippen LogP contribution < -0.4 is 0 Å². The molecule has 94 valence electrons. The Kier molecular flexibility index (Phi) is 6.19. The number of carbonyl (C=O) groups is 1. The molecule has 0 spiro atoms. The number of nitrogens with zero attached hydrogens (tertiary/aromatic N) is 1. The molecule has 2 nitrogen and oxygen atoms in total. The molecule has 0 atom stereocenters. The summed E-state index contributed by atoms with van der Waals surface area (Å²) in [4.78, 5) is 13.9. The summed E-state index contributed by atoms with van der Waals surface area (Å²) in [5.41, 5.74) is 0.545. The largest absolute Gasteiger partial charge is 0.339 e. The van der Waals surface area contributed by atoms with Crippen molar-refractivity contribution < 1.29 is 9.18 Å². The van der Waals surface area contributed by atoms with Crippen LogP contribution in [0.25, 0.3) is 0 Å². The van der Waals surface area contributed by atoms with E-state index < -0.39 is 0 Å². The van der Waals surface area contributed by atoms with Gasteiger partial charge in [0.15, 0.2) is 0 Å². The van der Waals surface area contributed by atoms with Gasteiger partial charge in [-0.15, -0.1) is 11.6 Å². The predicted molar refractivity (Wildman–Crippen MR) is 76.0 cm³/mol.